The number of rotatable bonds is 3. The van der Waals surface area contributed by atoms with E-state index in [0.29, 0.717) is 0 Å². The van der Waals surface area contributed by atoms with E-state index in [1.165, 1.54) is 32.7 Å². The molecule has 4 nitrogen and oxygen atoms in total. The van der Waals surface area contributed by atoms with Gasteiger partial charge in [-0.25, -0.2) is 4.98 Å². The average molecular weight is 551 g/mol. The number of benzene rings is 4. The van der Waals surface area contributed by atoms with E-state index in [2.05, 4.69) is 103 Å². The Bertz CT molecular complexity index is 2410. The molecule has 4 heteroatoms. The molecule has 0 atom stereocenters. The van der Waals surface area contributed by atoms with Crippen molar-refractivity contribution in [3.05, 3.63) is 133 Å². The molecule has 0 N–H and O–H groups in total. The SMILES string of the molecule is CC1(C)c2cc(-c3ccc(-c4ccncc4)cn3)cc3ccc4cc(-c5ccc6ccc7cccnc7c6n5)cc1c4c23. The van der Waals surface area contributed by atoms with Crippen molar-refractivity contribution in [3.8, 4) is 33.6 Å². The zero-order valence-corrected chi connectivity index (χ0v) is 23.8. The maximum Gasteiger partial charge on any atom is 0.0972 e. The Morgan fingerprint density at radius 3 is 1.81 bits per heavy atom. The summed E-state index contributed by atoms with van der Waals surface area (Å²) in [4.78, 5) is 18.9. The lowest BCUT2D eigenvalue weighted by atomic mass is 9.80. The molecule has 0 amide bonds. The first kappa shape index (κ1) is 24.2. The van der Waals surface area contributed by atoms with Crippen molar-refractivity contribution in [3.63, 3.8) is 0 Å². The zero-order chi connectivity index (χ0) is 28.7. The van der Waals surface area contributed by atoms with Crippen molar-refractivity contribution in [2.75, 3.05) is 0 Å². The molecule has 4 aromatic heterocycles. The summed E-state index contributed by atoms with van der Waals surface area (Å²) in [7, 11) is 0. The van der Waals surface area contributed by atoms with E-state index >= 15 is 0 Å². The molecule has 202 valence electrons. The van der Waals surface area contributed by atoms with Gasteiger partial charge in [0, 0.05) is 57.7 Å². The van der Waals surface area contributed by atoms with Crippen LogP contribution in [0.2, 0.25) is 0 Å². The van der Waals surface area contributed by atoms with Crippen LogP contribution >= 0.6 is 0 Å². The van der Waals surface area contributed by atoms with E-state index < -0.39 is 0 Å². The predicted octanol–water partition coefficient (Wildman–Crippen LogP) is 9.52. The molecule has 9 rings (SSSR count). The molecule has 0 radical (unpaired) electrons. The van der Waals surface area contributed by atoms with Gasteiger partial charge in [0.1, 0.15) is 0 Å². The molecule has 1 aliphatic carbocycles. The van der Waals surface area contributed by atoms with Gasteiger partial charge in [0.15, 0.2) is 0 Å². The van der Waals surface area contributed by atoms with E-state index in [-0.39, 0.29) is 5.41 Å². The maximum absolute atomic E-state index is 5.17. The summed E-state index contributed by atoms with van der Waals surface area (Å²) in [6, 6.07) is 34.7. The van der Waals surface area contributed by atoms with Crippen LogP contribution in [0.4, 0.5) is 0 Å². The fourth-order valence-electron chi connectivity index (χ4n) is 6.92. The second kappa shape index (κ2) is 8.76. The second-order valence-electron chi connectivity index (χ2n) is 12.0. The van der Waals surface area contributed by atoms with E-state index in [4.69, 9.17) is 9.97 Å². The van der Waals surface area contributed by atoms with Gasteiger partial charge in [-0.3, -0.25) is 15.0 Å². The number of fused-ring (bicyclic) bond motifs is 3. The molecular formula is C39H26N4. The monoisotopic (exact) mass is 550 g/mol. The molecule has 8 aromatic rings. The van der Waals surface area contributed by atoms with Gasteiger partial charge in [-0.05, 0) is 92.8 Å². The van der Waals surface area contributed by atoms with Crippen LogP contribution in [-0.4, -0.2) is 19.9 Å². The van der Waals surface area contributed by atoms with Crippen LogP contribution in [0.15, 0.2) is 122 Å². The molecule has 0 saturated heterocycles. The minimum absolute atomic E-state index is 0.172. The first-order chi connectivity index (χ1) is 21.0. The van der Waals surface area contributed by atoms with Gasteiger partial charge in [0.2, 0.25) is 0 Å². The molecule has 4 aromatic carbocycles. The minimum atomic E-state index is -0.172. The van der Waals surface area contributed by atoms with Gasteiger partial charge >= 0.3 is 0 Å². The van der Waals surface area contributed by atoms with Crippen molar-refractivity contribution >= 4 is 43.4 Å². The van der Waals surface area contributed by atoms with Gasteiger partial charge in [0.05, 0.1) is 22.4 Å². The third-order valence-electron chi connectivity index (χ3n) is 9.18. The molecular weight excluding hydrogens is 524 g/mol. The Morgan fingerprint density at radius 1 is 0.488 bits per heavy atom. The topological polar surface area (TPSA) is 51.6 Å². The zero-order valence-electron chi connectivity index (χ0n) is 23.8. The van der Waals surface area contributed by atoms with Crippen molar-refractivity contribution in [1.82, 2.24) is 19.9 Å². The molecule has 0 aliphatic heterocycles. The highest BCUT2D eigenvalue weighted by molar-refractivity contribution is 6.16. The minimum Gasteiger partial charge on any atom is -0.265 e. The molecule has 0 fully saturated rings. The van der Waals surface area contributed by atoms with Crippen LogP contribution in [-0.2, 0) is 5.41 Å². The highest BCUT2D eigenvalue weighted by Gasteiger charge is 2.35. The lowest BCUT2D eigenvalue weighted by Gasteiger charge is -2.23. The van der Waals surface area contributed by atoms with Crippen molar-refractivity contribution in [2.24, 2.45) is 0 Å². The van der Waals surface area contributed by atoms with E-state index in [1.54, 1.807) is 0 Å². The largest absolute Gasteiger partial charge is 0.265 e. The van der Waals surface area contributed by atoms with Gasteiger partial charge in [0.25, 0.3) is 0 Å². The average Bonchev–Trinajstić information content (AvgIpc) is 3.30. The van der Waals surface area contributed by atoms with E-state index in [1.807, 2.05) is 43.0 Å². The fourth-order valence-corrected chi connectivity index (χ4v) is 6.92. The Labute approximate surface area is 248 Å². The molecule has 0 bridgehead atoms. The Balaban J connectivity index is 1.18. The Hall–Kier alpha value is -5.48. The van der Waals surface area contributed by atoms with Crippen molar-refractivity contribution in [2.45, 2.75) is 19.3 Å². The maximum atomic E-state index is 5.17. The number of pyridine rings is 4. The highest BCUT2D eigenvalue weighted by atomic mass is 14.8. The van der Waals surface area contributed by atoms with Gasteiger partial charge in [-0.15, -0.1) is 0 Å². The summed E-state index contributed by atoms with van der Waals surface area (Å²) in [6.07, 6.45) is 7.43. The molecule has 0 saturated carbocycles. The third kappa shape index (κ3) is 3.56. The van der Waals surface area contributed by atoms with E-state index in [9.17, 15) is 0 Å². The molecule has 1 aliphatic rings. The number of nitrogens with zero attached hydrogens (tertiary/aromatic N) is 4. The molecule has 0 spiro atoms. The van der Waals surface area contributed by atoms with Gasteiger partial charge in [-0.2, -0.15) is 0 Å². The van der Waals surface area contributed by atoms with Crippen molar-refractivity contribution < 1.29 is 0 Å². The number of hydrogen-bond donors (Lipinski definition) is 0. The summed E-state index contributed by atoms with van der Waals surface area (Å²) in [6.45, 7) is 4.69. The summed E-state index contributed by atoms with van der Waals surface area (Å²) in [5.74, 6) is 0. The lowest BCUT2D eigenvalue weighted by Crippen LogP contribution is -2.15. The standard InChI is InChI=1S/C39H26N4/c1-39(2)31-20-29(33-11-10-28(22-42-33)23-13-16-40-17-14-23)18-26-7-8-27-19-30(21-32(39)36(27)35(26)31)34-12-9-25-6-5-24-4-3-15-41-37(24)38(25)43-34/h3-22H,1-2H3. The van der Waals surface area contributed by atoms with Gasteiger partial charge in [-0.1, -0.05) is 56.3 Å². The van der Waals surface area contributed by atoms with E-state index in [0.717, 1.165) is 55.4 Å². The van der Waals surface area contributed by atoms with Gasteiger partial charge < -0.3 is 0 Å². The lowest BCUT2D eigenvalue weighted by molar-refractivity contribution is 0.663. The summed E-state index contributed by atoms with van der Waals surface area (Å²) < 4.78 is 0. The van der Waals surface area contributed by atoms with Crippen molar-refractivity contribution in [1.29, 1.82) is 0 Å². The van der Waals surface area contributed by atoms with Crippen LogP contribution in [0.25, 0.3) is 77.0 Å². The normalized spacial score (nSPS) is 13.5. The summed E-state index contributed by atoms with van der Waals surface area (Å²) in [5.41, 5.74) is 10.8. The van der Waals surface area contributed by atoms with Crippen LogP contribution < -0.4 is 0 Å². The quantitative estimate of drug-likeness (QED) is 0.206. The Kier molecular flexibility index (Phi) is 4.92. The molecule has 4 heterocycles. The summed E-state index contributed by atoms with van der Waals surface area (Å²) in [5, 5.41) is 7.40. The first-order valence-electron chi connectivity index (χ1n) is 14.6. The van der Waals surface area contributed by atoms with Crippen LogP contribution in [0, 0.1) is 0 Å². The number of aromatic nitrogens is 4. The van der Waals surface area contributed by atoms with Crippen LogP contribution in [0.5, 0.6) is 0 Å². The third-order valence-corrected chi connectivity index (χ3v) is 9.18. The first-order valence-corrected chi connectivity index (χ1v) is 14.6. The smallest absolute Gasteiger partial charge is 0.0972 e. The fraction of sp³-hybridized carbons (Fsp3) is 0.0769. The number of hydrogen-bond acceptors (Lipinski definition) is 4. The van der Waals surface area contributed by atoms with Crippen LogP contribution in [0.1, 0.15) is 25.0 Å². The molecule has 43 heavy (non-hydrogen) atoms. The molecule has 0 unspecified atom stereocenters. The summed E-state index contributed by atoms with van der Waals surface area (Å²) >= 11 is 0. The predicted molar refractivity (Wildman–Crippen MR) is 176 cm³/mol. The second-order valence-corrected chi connectivity index (χ2v) is 12.0. The highest BCUT2D eigenvalue weighted by Crippen LogP contribution is 2.51. The van der Waals surface area contributed by atoms with Crippen LogP contribution in [0.3, 0.4) is 0 Å². The Morgan fingerprint density at radius 2 is 1.12 bits per heavy atom.